The number of hydrogen-bond donors (Lipinski definition) is 0. The topological polar surface area (TPSA) is 43.4 Å². The molecule has 2 rings (SSSR count). The maximum atomic E-state index is 12.4. The first-order chi connectivity index (χ1) is 8.51. The van der Waals surface area contributed by atoms with Gasteiger partial charge in [-0.3, -0.25) is 0 Å². The minimum atomic E-state index is -3.23. The molecule has 0 spiro atoms. The SMILES string of the molecule is COc1cccc(S(=O)(=O)CC2(CBr)CCC2)c1. The summed E-state index contributed by atoms with van der Waals surface area (Å²) < 4.78 is 29.9. The molecule has 0 aliphatic heterocycles. The van der Waals surface area contributed by atoms with Crippen molar-refractivity contribution in [3.05, 3.63) is 24.3 Å². The highest BCUT2D eigenvalue weighted by Crippen LogP contribution is 2.44. The summed E-state index contributed by atoms with van der Waals surface area (Å²) in [6.07, 6.45) is 3.10. The lowest BCUT2D eigenvalue weighted by Crippen LogP contribution is -2.38. The molecule has 1 saturated carbocycles. The van der Waals surface area contributed by atoms with Crippen molar-refractivity contribution in [3.8, 4) is 5.75 Å². The first-order valence-electron chi connectivity index (χ1n) is 5.94. The molecule has 0 radical (unpaired) electrons. The van der Waals surface area contributed by atoms with Crippen molar-refractivity contribution in [1.29, 1.82) is 0 Å². The number of rotatable bonds is 5. The average Bonchev–Trinajstić information content (AvgIpc) is 2.34. The smallest absolute Gasteiger partial charge is 0.179 e. The molecule has 3 nitrogen and oxygen atoms in total. The summed E-state index contributed by atoms with van der Waals surface area (Å²) in [7, 11) is -1.69. The number of ether oxygens (including phenoxy) is 1. The lowest BCUT2D eigenvalue weighted by Gasteiger charge is -2.40. The zero-order chi connectivity index (χ0) is 13.2. The van der Waals surface area contributed by atoms with Crippen LogP contribution in [0.4, 0.5) is 0 Å². The lowest BCUT2D eigenvalue weighted by molar-refractivity contribution is 0.203. The number of sulfone groups is 1. The minimum absolute atomic E-state index is 0.0675. The first kappa shape index (κ1) is 13.9. The summed E-state index contributed by atoms with van der Waals surface area (Å²) in [6.45, 7) is 0. The molecule has 0 bridgehead atoms. The molecule has 0 amide bonds. The van der Waals surface area contributed by atoms with Gasteiger partial charge < -0.3 is 4.74 Å². The molecule has 0 saturated heterocycles. The van der Waals surface area contributed by atoms with Crippen LogP contribution < -0.4 is 4.74 Å². The highest BCUT2D eigenvalue weighted by atomic mass is 79.9. The summed E-state index contributed by atoms with van der Waals surface area (Å²) in [5.41, 5.74) is -0.0675. The van der Waals surface area contributed by atoms with Crippen LogP contribution in [0.1, 0.15) is 19.3 Å². The summed E-state index contributed by atoms with van der Waals surface area (Å²) in [5, 5.41) is 0.753. The van der Waals surface area contributed by atoms with E-state index in [1.165, 1.54) is 7.11 Å². The van der Waals surface area contributed by atoms with E-state index in [0.717, 1.165) is 24.6 Å². The molecule has 1 aliphatic rings. The molecule has 100 valence electrons. The van der Waals surface area contributed by atoms with Gasteiger partial charge in [0.2, 0.25) is 0 Å². The summed E-state index contributed by atoms with van der Waals surface area (Å²) in [4.78, 5) is 0.356. The van der Waals surface area contributed by atoms with Crippen LogP contribution in [0.25, 0.3) is 0 Å². The zero-order valence-corrected chi connectivity index (χ0v) is 12.8. The first-order valence-corrected chi connectivity index (χ1v) is 8.72. The predicted octanol–water partition coefficient (Wildman–Crippen LogP) is 3.03. The third-order valence-electron chi connectivity index (χ3n) is 3.59. The number of benzene rings is 1. The van der Waals surface area contributed by atoms with Crippen molar-refractivity contribution in [2.24, 2.45) is 5.41 Å². The Morgan fingerprint density at radius 2 is 2.11 bits per heavy atom. The van der Waals surface area contributed by atoms with Crippen LogP contribution in [0, 0.1) is 5.41 Å². The van der Waals surface area contributed by atoms with Gasteiger partial charge in [-0.05, 0) is 36.5 Å². The van der Waals surface area contributed by atoms with Gasteiger partial charge in [0.25, 0.3) is 0 Å². The highest BCUT2D eigenvalue weighted by Gasteiger charge is 2.40. The van der Waals surface area contributed by atoms with E-state index in [0.29, 0.717) is 10.6 Å². The highest BCUT2D eigenvalue weighted by molar-refractivity contribution is 9.09. The van der Waals surface area contributed by atoms with Crippen molar-refractivity contribution in [2.45, 2.75) is 24.2 Å². The summed E-state index contributed by atoms with van der Waals surface area (Å²) in [6, 6.07) is 6.70. The monoisotopic (exact) mass is 332 g/mol. The quantitative estimate of drug-likeness (QED) is 0.778. The Labute approximate surface area is 117 Å². The Morgan fingerprint density at radius 1 is 1.39 bits per heavy atom. The van der Waals surface area contributed by atoms with Gasteiger partial charge in [-0.25, -0.2) is 8.42 Å². The molecule has 0 atom stereocenters. The third kappa shape index (κ3) is 2.72. The van der Waals surface area contributed by atoms with Crippen LogP contribution in [-0.2, 0) is 9.84 Å². The van der Waals surface area contributed by atoms with E-state index >= 15 is 0 Å². The lowest BCUT2D eigenvalue weighted by atomic mass is 9.72. The third-order valence-corrected chi connectivity index (χ3v) is 6.75. The van der Waals surface area contributed by atoms with E-state index in [2.05, 4.69) is 15.9 Å². The Hall–Kier alpha value is -0.550. The van der Waals surface area contributed by atoms with Crippen LogP contribution in [0.15, 0.2) is 29.2 Å². The van der Waals surface area contributed by atoms with E-state index in [4.69, 9.17) is 4.74 Å². The average molecular weight is 333 g/mol. The Bertz CT molecular complexity index is 515. The molecule has 0 heterocycles. The van der Waals surface area contributed by atoms with Gasteiger partial charge in [-0.2, -0.15) is 0 Å². The van der Waals surface area contributed by atoms with Crippen molar-refractivity contribution in [2.75, 3.05) is 18.2 Å². The van der Waals surface area contributed by atoms with Crippen LogP contribution in [0.5, 0.6) is 5.75 Å². The minimum Gasteiger partial charge on any atom is -0.497 e. The van der Waals surface area contributed by atoms with Gasteiger partial charge in [0, 0.05) is 5.33 Å². The van der Waals surface area contributed by atoms with E-state index < -0.39 is 9.84 Å². The number of methoxy groups -OCH3 is 1. The van der Waals surface area contributed by atoms with Gasteiger partial charge in [0.05, 0.1) is 17.8 Å². The molecule has 0 N–H and O–H groups in total. The maximum Gasteiger partial charge on any atom is 0.179 e. The number of hydrogen-bond acceptors (Lipinski definition) is 3. The van der Waals surface area contributed by atoms with Crippen LogP contribution in [-0.4, -0.2) is 26.6 Å². The Morgan fingerprint density at radius 3 is 2.61 bits per heavy atom. The molecule has 1 fully saturated rings. The fourth-order valence-electron chi connectivity index (χ4n) is 2.27. The van der Waals surface area contributed by atoms with Crippen LogP contribution in [0.2, 0.25) is 0 Å². The van der Waals surface area contributed by atoms with Crippen LogP contribution >= 0.6 is 15.9 Å². The van der Waals surface area contributed by atoms with Gasteiger partial charge >= 0.3 is 0 Å². The maximum absolute atomic E-state index is 12.4. The van der Waals surface area contributed by atoms with E-state index in [1.54, 1.807) is 24.3 Å². The second-order valence-corrected chi connectivity index (χ2v) is 7.48. The number of halogens is 1. The summed E-state index contributed by atoms with van der Waals surface area (Å²) >= 11 is 3.45. The van der Waals surface area contributed by atoms with E-state index in [1.807, 2.05) is 0 Å². The van der Waals surface area contributed by atoms with Gasteiger partial charge in [0.1, 0.15) is 5.75 Å². The van der Waals surface area contributed by atoms with Crippen molar-refractivity contribution in [3.63, 3.8) is 0 Å². The molecule has 18 heavy (non-hydrogen) atoms. The molecule has 1 aliphatic carbocycles. The van der Waals surface area contributed by atoms with Crippen molar-refractivity contribution < 1.29 is 13.2 Å². The predicted molar refractivity (Wildman–Crippen MR) is 75.1 cm³/mol. The molecule has 0 unspecified atom stereocenters. The molecule has 0 aromatic heterocycles. The molecular formula is C13H17BrO3S. The fraction of sp³-hybridized carbons (Fsp3) is 0.538. The standard InChI is InChI=1S/C13H17BrO3S/c1-17-11-4-2-5-12(8-11)18(15,16)10-13(9-14)6-3-7-13/h2,4-5,8H,3,6-7,9-10H2,1H3. The molecule has 1 aromatic rings. The van der Waals surface area contributed by atoms with Crippen LogP contribution in [0.3, 0.4) is 0 Å². The second kappa shape index (κ2) is 5.21. The summed E-state index contributed by atoms with van der Waals surface area (Å²) in [5.74, 6) is 0.802. The van der Waals surface area contributed by atoms with Crippen molar-refractivity contribution >= 4 is 25.8 Å². The number of alkyl halides is 1. The molecule has 5 heteroatoms. The zero-order valence-electron chi connectivity index (χ0n) is 10.4. The fourth-order valence-corrected chi connectivity index (χ4v) is 5.24. The largest absolute Gasteiger partial charge is 0.497 e. The van der Waals surface area contributed by atoms with E-state index in [-0.39, 0.29) is 11.2 Å². The Kier molecular flexibility index (Phi) is 4.02. The van der Waals surface area contributed by atoms with Gasteiger partial charge in [-0.15, -0.1) is 0 Å². The Balaban J connectivity index is 2.24. The van der Waals surface area contributed by atoms with Gasteiger partial charge in [0.15, 0.2) is 9.84 Å². The molecule has 1 aromatic carbocycles. The second-order valence-electron chi connectivity index (χ2n) is 4.93. The van der Waals surface area contributed by atoms with E-state index in [9.17, 15) is 8.42 Å². The normalized spacial score (nSPS) is 18.1. The van der Waals surface area contributed by atoms with Crippen molar-refractivity contribution in [1.82, 2.24) is 0 Å². The molecular weight excluding hydrogens is 316 g/mol. The van der Waals surface area contributed by atoms with Gasteiger partial charge in [-0.1, -0.05) is 28.4 Å².